The van der Waals surface area contributed by atoms with Crippen molar-refractivity contribution in [1.29, 1.82) is 0 Å². The number of aliphatic hydroxyl groups excluding tert-OH is 1. The lowest BCUT2D eigenvalue weighted by atomic mass is 10.1. The van der Waals surface area contributed by atoms with Gasteiger partial charge in [0, 0.05) is 66.9 Å². The topological polar surface area (TPSA) is 310 Å². The summed E-state index contributed by atoms with van der Waals surface area (Å²) in [4.78, 5) is 124. The van der Waals surface area contributed by atoms with E-state index in [1.165, 1.54) is 71.0 Å². The van der Waals surface area contributed by atoms with E-state index < -0.39 is 109 Å². The summed E-state index contributed by atoms with van der Waals surface area (Å²) in [6, 6.07) is 0.283. The number of amides is 9. The number of hydrogen-bond acceptors (Lipinski definition) is 15. The summed E-state index contributed by atoms with van der Waals surface area (Å²) < 4.78 is 20.6. The number of nitrogens with one attached hydrogen (secondary N) is 5. The lowest BCUT2D eigenvalue weighted by molar-refractivity contribution is -0.146. The Hall–Kier alpha value is -5.79. The van der Waals surface area contributed by atoms with Crippen LogP contribution in [0.2, 0.25) is 0 Å². The normalized spacial score (nSPS) is 15.6. The van der Waals surface area contributed by atoms with E-state index in [1.807, 2.05) is 0 Å². The molecule has 24 heteroatoms. The van der Waals surface area contributed by atoms with Gasteiger partial charge in [-0.1, -0.05) is 12.1 Å². The van der Waals surface area contributed by atoms with Gasteiger partial charge < -0.3 is 76.0 Å². The molecule has 67 heavy (non-hydrogen) atoms. The highest BCUT2D eigenvalue weighted by atomic mass is 16.5. The second-order valence-corrected chi connectivity index (χ2v) is 15.9. The first kappa shape index (κ1) is 57.3. The number of rotatable bonds is 31. The molecule has 0 saturated carbocycles. The molecule has 1 aliphatic heterocycles. The Labute approximate surface area is 391 Å². The van der Waals surface area contributed by atoms with Gasteiger partial charge in [-0.15, -0.1) is 0 Å². The number of aliphatic hydroxyl groups is 1. The lowest BCUT2D eigenvalue weighted by Crippen LogP contribution is -2.59. The van der Waals surface area contributed by atoms with Crippen LogP contribution in [0.25, 0.3) is 0 Å². The molecule has 0 radical (unpaired) electrons. The molecule has 1 heterocycles. The molecular formula is C43H70N10O14. The molecule has 1 fully saturated rings. The van der Waals surface area contributed by atoms with Crippen LogP contribution in [0.4, 0.5) is 5.69 Å². The third kappa shape index (κ3) is 19.2. The molecule has 0 bridgehead atoms. The van der Waals surface area contributed by atoms with Crippen molar-refractivity contribution < 1.29 is 67.2 Å². The number of likely N-dealkylation sites (N-methyl/N-ethyl adjacent to an activating group) is 1. The average Bonchev–Trinajstić information content (AvgIpc) is 3.65. The van der Waals surface area contributed by atoms with Gasteiger partial charge in [-0.2, -0.15) is 0 Å². The Morgan fingerprint density at radius 3 is 1.69 bits per heavy atom. The maximum Gasteiger partial charge on any atom is 0.246 e. The summed E-state index contributed by atoms with van der Waals surface area (Å²) >= 11 is 0. The number of carbonyl (C=O) groups is 9. The molecule has 0 aliphatic carbocycles. The first-order valence-electron chi connectivity index (χ1n) is 21.9. The molecule has 0 aromatic heterocycles. The molecular weight excluding hydrogens is 881 g/mol. The average molecular weight is 951 g/mol. The van der Waals surface area contributed by atoms with Crippen molar-refractivity contribution in [3.05, 3.63) is 29.8 Å². The molecule has 1 saturated heterocycles. The number of carbonyl (C=O) groups excluding carboxylic acids is 9. The SMILES string of the molecule is CN[C@@H](CC(=O)N(CC(=O)N(CCOC)CCOC)CC(=O)N(CCOC)CCOC)C(=O)N[C@H](C(=O)N[C@@H]1CCN([C@@H](C)C(=O)N[C@H](C)C(=O)Nc2ccc(CC(N)=O)cc2)C1=O)[C@H](C)O. The fourth-order valence-corrected chi connectivity index (χ4v) is 6.76. The van der Waals surface area contributed by atoms with Gasteiger partial charge in [0.25, 0.3) is 0 Å². The molecule has 2 rings (SSSR count). The molecule has 1 aliphatic rings. The largest absolute Gasteiger partial charge is 0.391 e. The number of anilines is 1. The quantitative estimate of drug-likeness (QED) is 0.0375. The molecule has 6 atom stereocenters. The second-order valence-electron chi connectivity index (χ2n) is 15.9. The third-order valence-electron chi connectivity index (χ3n) is 10.8. The van der Waals surface area contributed by atoms with Crippen molar-refractivity contribution in [2.75, 3.05) is 113 Å². The van der Waals surface area contributed by atoms with Gasteiger partial charge in [0.1, 0.15) is 37.3 Å². The highest BCUT2D eigenvalue weighted by Gasteiger charge is 2.40. The summed E-state index contributed by atoms with van der Waals surface area (Å²) in [5.41, 5.74) is 6.29. The predicted octanol–water partition coefficient (Wildman–Crippen LogP) is -3.82. The lowest BCUT2D eigenvalue weighted by Gasteiger charge is -2.30. The van der Waals surface area contributed by atoms with Gasteiger partial charge in [0.15, 0.2) is 0 Å². The van der Waals surface area contributed by atoms with E-state index in [0.717, 1.165) is 4.90 Å². The molecule has 24 nitrogen and oxygen atoms in total. The fraction of sp³-hybridized carbons (Fsp3) is 0.651. The van der Waals surface area contributed by atoms with Gasteiger partial charge in [0.05, 0.1) is 51.4 Å². The van der Waals surface area contributed by atoms with Crippen molar-refractivity contribution in [2.45, 2.75) is 76.3 Å². The van der Waals surface area contributed by atoms with Crippen LogP contribution in [0.5, 0.6) is 0 Å². The maximum absolute atomic E-state index is 14.0. The zero-order valence-corrected chi connectivity index (χ0v) is 39.8. The summed E-state index contributed by atoms with van der Waals surface area (Å²) in [6.45, 7) is 4.60. The number of nitrogens with zero attached hydrogens (tertiary/aromatic N) is 4. The van der Waals surface area contributed by atoms with Crippen molar-refractivity contribution in [3.63, 3.8) is 0 Å². The van der Waals surface area contributed by atoms with Crippen LogP contribution >= 0.6 is 0 Å². The molecule has 1 aromatic rings. The van der Waals surface area contributed by atoms with E-state index >= 15 is 0 Å². The Bertz CT molecular complexity index is 1770. The van der Waals surface area contributed by atoms with Crippen LogP contribution in [-0.4, -0.2) is 222 Å². The van der Waals surface area contributed by atoms with Crippen LogP contribution in [-0.2, 0) is 68.5 Å². The minimum atomic E-state index is -1.61. The summed E-state index contributed by atoms with van der Waals surface area (Å²) in [6.07, 6.45) is -1.95. The minimum Gasteiger partial charge on any atom is -0.391 e. The number of hydrogen-bond donors (Lipinski definition) is 7. The highest BCUT2D eigenvalue weighted by molar-refractivity contribution is 6.00. The van der Waals surface area contributed by atoms with Crippen molar-refractivity contribution in [1.82, 2.24) is 40.9 Å². The summed E-state index contributed by atoms with van der Waals surface area (Å²) in [7, 11) is 7.26. The zero-order valence-electron chi connectivity index (χ0n) is 39.8. The number of benzene rings is 1. The van der Waals surface area contributed by atoms with Crippen LogP contribution in [0.1, 0.15) is 39.2 Å². The van der Waals surface area contributed by atoms with E-state index in [4.69, 9.17) is 24.7 Å². The number of methoxy groups -OCH3 is 4. The highest BCUT2D eigenvalue weighted by Crippen LogP contribution is 2.17. The van der Waals surface area contributed by atoms with Crippen LogP contribution in [0, 0.1) is 0 Å². The van der Waals surface area contributed by atoms with Gasteiger partial charge in [-0.05, 0) is 51.9 Å². The molecule has 8 N–H and O–H groups in total. The van der Waals surface area contributed by atoms with Crippen LogP contribution < -0.4 is 32.3 Å². The number of ether oxygens (including phenoxy) is 4. The monoisotopic (exact) mass is 951 g/mol. The standard InChI is InChI=1S/C43H70N10O14/c1-27(39(59)47-31-11-9-30(10-12-31)23-34(44)55)46-40(60)28(2)53-14-13-32(43(53)63)48-42(62)38(29(3)54)49-41(61)33(45-4)24-35(56)52(25-36(57)50(15-19-64-5)16-20-65-6)26-37(58)51(17-21-66-7)18-22-67-8/h9-12,27-29,32-33,38,45,54H,13-26H2,1-8H3,(H2,44,55)(H,46,60)(H,47,59)(H,48,62)(H,49,61)/t27-,28+,29+,32-,33+,38+/m1/s1. The van der Waals surface area contributed by atoms with E-state index in [-0.39, 0.29) is 72.0 Å². The van der Waals surface area contributed by atoms with Crippen molar-refractivity contribution in [3.8, 4) is 0 Å². The Morgan fingerprint density at radius 1 is 0.731 bits per heavy atom. The Morgan fingerprint density at radius 2 is 1.24 bits per heavy atom. The van der Waals surface area contributed by atoms with Gasteiger partial charge in [-0.25, -0.2) is 0 Å². The fourth-order valence-electron chi connectivity index (χ4n) is 6.76. The van der Waals surface area contributed by atoms with Gasteiger partial charge in [0.2, 0.25) is 53.2 Å². The molecule has 0 spiro atoms. The van der Waals surface area contributed by atoms with Crippen LogP contribution in [0.3, 0.4) is 0 Å². The van der Waals surface area contributed by atoms with E-state index in [9.17, 15) is 48.3 Å². The molecule has 9 amide bonds. The van der Waals surface area contributed by atoms with Crippen LogP contribution in [0.15, 0.2) is 24.3 Å². The number of nitrogens with two attached hydrogens (primary N) is 1. The first-order chi connectivity index (χ1) is 31.8. The second kappa shape index (κ2) is 29.8. The predicted molar refractivity (Wildman–Crippen MR) is 242 cm³/mol. The Balaban J connectivity index is 2.14. The number of primary amides is 1. The van der Waals surface area contributed by atoms with Gasteiger partial charge >= 0.3 is 0 Å². The number of likely N-dealkylation sites (tertiary alicyclic amines) is 1. The van der Waals surface area contributed by atoms with E-state index in [2.05, 4.69) is 26.6 Å². The zero-order chi connectivity index (χ0) is 50.2. The summed E-state index contributed by atoms with van der Waals surface area (Å²) in [5.74, 6) is -5.90. The smallest absolute Gasteiger partial charge is 0.246 e. The molecule has 376 valence electrons. The van der Waals surface area contributed by atoms with E-state index in [0.29, 0.717) is 11.3 Å². The molecule has 1 aromatic carbocycles. The summed E-state index contributed by atoms with van der Waals surface area (Å²) in [5, 5.41) is 23.6. The maximum atomic E-state index is 14.0. The van der Waals surface area contributed by atoms with Crippen molar-refractivity contribution >= 4 is 58.9 Å². The van der Waals surface area contributed by atoms with Crippen molar-refractivity contribution in [2.24, 2.45) is 5.73 Å². The van der Waals surface area contributed by atoms with Gasteiger partial charge in [-0.3, -0.25) is 43.2 Å². The molecule has 0 unspecified atom stereocenters. The third-order valence-corrected chi connectivity index (χ3v) is 10.8. The van der Waals surface area contributed by atoms with E-state index in [1.54, 1.807) is 24.3 Å². The minimum absolute atomic E-state index is 0.0348. The Kier molecular flexibility index (Phi) is 25.5. The first-order valence-corrected chi connectivity index (χ1v) is 21.9.